The summed E-state index contributed by atoms with van der Waals surface area (Å²) in [7, 11) is 0. The van der Waals surface area contributed by atoms with Crippen molar-refractivity contribution in [3.05, 3.63) is 59.3 Å². The summed E-state index contributed by atoms with van der Waals surface area (Å²) in [5, 5.41) is 12.2. The Morgan fingerprint density at radius 1 is 1.18 bits per heavy atom. The average Bonchev–Trinajstić information content (AvgIpc) is 3.26. The highest BCUT2D eigenvalue weighted by atomic mass is 35.5. The van der Waals surface area contributed by atoms with E-state index in [1.807, 2.05) is 43.3 Å². The number of nitrogens with zero attached hydrogens (tertiary/aromatic N) is 3. The van der Waals surface area contributed by atoms with Crippen LogP contribution in [0.2, 0.25) is 5.02 Å². The summed E-state index contributed by atoms with van der Waals surface area (Å²) in [5.41, 5.74) is 2.44. The van der Waals surface area contributed by atoms with Gasteiger partial charge in [0.1, 0.15) is 5.69 Å². The van der Waals surface area contributed by atoms with E-state index in [1.54, 1.807) is 12.3 Å². The van der Waals surface area contributed by atoms with E-state index in [0.29, 0.717) is 16.5 Å². The predicted octanol–water partition coefficient (Wildman–Crippen LogP) is 4.55. The van der Waals surface area contributed by atoms with E-state index in [-0.39, 0.29) is 11.8 Å². The van der Waals surface area contributed by atoms with Gasteiger partial charge in [0.25, 0.3) is 0 Å². The van der Waals surface area contributed by atoms with E-state index in [2.05, 4.69) is 20.4 Å². The van der Waals surface area contributed by atoms with Crippen LogP contribution in [0.15, 0.2) is 53.1 Å². The van der Waals surface area contributed by atoms with Gasteiger partial charge in [-0.2, -0.15) is 0 Å². The Labute approximate surface area is 168 Å². The second-order valence-corrected chi connectivity index (χ2v) is 7.38. The number of hydrogen-bond donors (Lipinski definition) is 1. The van der Waals surface area contributed by atoms with Gasteiger partial charge in [0.05, 0.1) is 6.26 Å². The minimum atomic E-state index is -0.0216. The lowest BCUT2D eigenvalue weighted by molar-refractivity contribution is -0.120. The van der Waals surface area contributed by atoms with Gasteiger partial charge in [0, 0.05) is 29.7 Å². The molecular weight excluding hydrogens is 376 g/mol. The summed E-state index contributed by atoms with van der Waals surface area (Å²) in [4.78, 5) is 14.7. The van der Waals surface area contributed by atoms with Crippen LogP contribution in [-0.4, -0.2) is 29.2 Å². The lowest BCUT2D eigenvalue weighted by Gasteiger charge is -2.31. The molecule has 0 unspecified atom stereocenters. The fourth-order valence-electron chi connectivity index (χ4n) is 3.34. The zero-order valence-corrected chi connectivity index (χ0v) is 16.3. The van der Waals surface area contributed by atoms with Crippen molar-refractivity contribution in [1.29, 1.82) is 0 Å². The van der Waals surface area contributed by atoms with Crippen LogP contribution in [-0.2, 0) is 4.79 Å². The molecule has 6 nitrogen and oxygen atoms in total. The van der Waals surface area contributed by atoms with Crippen molar-refractivity contribution in [3.63, 3.8) is 0 Å². The topological polar surface area (TPSA) is 71.3 Å². The smallest absolute Gasteiger partial charge is 0.227 e. The first kappa shape index (κ1) is 18.5. The molecule has 2 aromatic heterocycles. The molecule has 0 saturated carbocycles. The van der Waals surface area contributed by atoms with Crippen LogP contribution in [0, 0.1) is 12.8 Å². The molecule has 0 atom stereocenters. The number of hydrogen-bond acceptors (Lipinski definition) is 5. The third kappa shape index (κ3) is 4.02. The Morgan fingerprint density at radius 2 is 2.00 bits per heavy atom. The number of halogens is 1. The highest BCUT2D eigenvalue weighted by Crippen LogP contribution is 2.25. The van der Waals surface area contributed by atoms with Crippen LogP contribution in [0.25, 0.3) is 11.5 Å². The van der Waals surface area contributed by atoms with Crippen molar-refractivity contribution in [2.75, 3.05) is 23.3 Å². The van der Waals surface area contributed by atoms with Crippen molar-refractivity contribution in [3.8, 4) is 11.5 Å². The molecule has 0 spiro atoms. The maximum atomic E-state index is 12.6. The van der Waals surface area contributed by atoms with Gasteiger partial charge in [0.15, 0.2) is 11.6 Å². The second-order valence-electron chi connectivity index (χ2n) is 6.97. The molecule has 3 heterocycles. The number of nitrogens with one attached hydrogen (secondary N) is 1. The van der Waals surface area contributed by atoms with Crippen molar-refractivity contribution >= 4 is 29.0 Å². The minimum absolute atomic E-state index is 0.0216. The predicted molar refractivity (Wildman–Crippen MR) is 109 cm³/mol. The summed E-state index contributed by atoms with van der Waals surface area (Å²) < 4.78 is 5.34. The van der Waals surface area contributed by atoms with Crippen molar-refractivity contribution < 1.29 is 9.21 Å². The zero-order chi connectivity index (χ0) is 19.5. The molecule has 1 saturated heterocycles. The Kier molecular flexibility index (Phi) is 5.30. The molecule has 1 aliphatic rings. The van der Waals surface area contributed by atoms with Crippen LogP contribution >= 0.6 is 11.6 Å². The molecule has 1 fully saturated rings. The monoisotopic (exact) mass is 396 g/mol. The van der Waals surface area contributed by atoms with Crippen LogP contribution in [0.3, 0.4) is 0 Å². The van der Waals surface area contributed by atoms with Gasteiger partial charge in [0.2, 0.25) is 5.91 Å². The molecule has 0 radical (unpaired) electrons. The third-order valence-corrected chi connectivity index (χ3v) is 5.46. The van der Waals surface area contributed by atoms with Crippen LogP contribution < -0.4 is 10.2 Å². The van der Waals surface area contributed by atoms with Gasteiger partial charge in [-0.25, -0.2) is 0 Å². The standard InChI is InChI=1S/C21H21ClN4O2/c1-14-4-5-16(13-17(14)22)23-21(27)15-8-10-26(11-9-15)20-7-6-18(24-25-20)19-3-2-12-28-19/h2-7,12-13,15H,8-11H2,1H3,(H,23,27). The van der Waals surface area contributed by atoms with E-state index < -0.39 is 0 Å². The number of benzene rings is 1. The third-order valence-electron chi connectivity index (χ3n) is 5.05. The van der Waals surface area contributed by atoms with Crippen molar-refractivity contribution in [2.24, 2.45) is 5.92 Å². The van der Waals surface area contributed by atoms with Gasteiger partial charge >= 0.3 is 0 Å². The van der Waals surface area contributed by atoms with Crippen molar-refractivity contribution in [1.82, 2.24) is 10.2 Å². The minimum Gasteiger partial charge on any atom is -0.463 e. The Hall–Kier alpha value is -2.86. The quantitative estimate of drug-likeness (QED) is 0.700. The molecule has 1 N–H and O–H groups in total. The van der Waals surface area contributed by atoms with Gasteiger partial charge in [-0.15, -0.1) is 10.2 Å². The highest BCUT2D eigenvalue weighted by molar-refractivity contribution is 6.31. The second kappa shape index (κ2) is 8.02. The number of carbonyl (C=O) groups is 1. The molecule has 1 aromatic carbocycles. The first-order valence-corrected chi connectivity index (χ1v) is 9.67. The number of aryl methyl sites for hydroxylation is 1. The fourth-order valence-corrected chi connectivity index (χ4v) is 3.52. The number of amides is 1. The number of aromatic nitrogens is 2. The maximum Gasteiger partial charge on any atom is 0.227 e. The number of rotatable bonds is 4. The van der Waals surface area contributed by atoms with Crippen LogP contribution in [0.5, 0.6) is 0 Å². The normalized spacial score (nSPS) is 14.9. The molecule has 144 valence electrons. The summed E-state index contributed by atoms with van der Waals surface area (Å²) >= 11 is 6.14. The van der Waals surface area contributed by atoms with Gasteiger partial charge in [-0.1, -0.05) is 17.7 Å². The van der Waals surface area contributed by atoms with Gasteiger partial charge < -0.3 is 14.6 Å². The van der Waals surface area contributed by atoms with Gasteiger partial charge in [-0.05, 0) is 61.7 Å². The number of piperidine rings is 1. The SMILES string of the molecule is Cc1ccc(NC(=O)C2CCN(c3ccc(-c4ccco4)nn3)CC2)cc1Cl. The number of furan rings is 1. The summed E-state index contributed by atoms with van der Waals surface area (Å²) in [6, 6.07) is 13.1. The Bertz CT molecular complexity index is 949. The van der Waals surface area contributed by atoms with Crippen molar-refractivity contribution in [2.45, 2.75) is 19.8 Å². The first-order chi connectivity index (χ1) is 13.6. The molecule has 1 amide bonds. The molecule has 0 bridgehead atoms. The summed E-state index contributed by atoms with van der Waals surface area (Å²) in [5.74, 6) is 1.54. The molecule has 0 aliphatic carbocycles. The van der Waals surface area contributed by atoms with E-state index in [9.17, 15) is 4.79 Å². The summed E-state index contributed by atoms with van der Waals surface area (Å²) in [6.45, 7) is 3.47. The number of carbonyl (C=O) groups excluding carboxylic acids is 1. The van der Waals surface area contributed by atoms with Crippen LogP contribution in [0.4, 0.5) is 11.5 Å². The Morgan fingerprint density at radius 3 is 2.64 bits per heavy atom. The van der Waals surface area contributed by atoms with E-state index >= 15 is 0 Å². The van der Waals surface area contributed by atoms with Gasteiger partial charge in [-0.3, -0.25) is 4.79 Å². The Balaban J connectivity index is 1.33. The lowest BCUT2D eigenvalue weighted by Crippen LogP contribution is -2.38. The van der Waals surface area contributed by atoms with E-state index in [1.165, 1.54) is 0 Å². The molecule has 7 heteroatoms. The molecule has 3 aromatic rings. The maximum absolute atomic E-state index is 12.6. The highest BCUT2D eigenvalue weighted by Gasteiger charge is 2.26. The van der Waals surface area contributed by atoms with E-state index in [0.717, 1.165) is 43.0 Å². The lowest BCUT2D eigenvalue weighted by atomic mass is 9.95. The molecule has 1 aliphatic heterocycles. The van der Waals surface area contributed by atoms with Crippen LogP contribution in [0.1, 0.15) is 18.4 Å². The first-order valence-electron chi connectivity index (χ1n) is 9.30. The summed E-state index contributed by atoms with van der Waals surface area (Å²) in [6.07, 6.45) is 3.16. The molecule has 28 heavy (non-hydrogen) atoms. The molecular formula is C21H21ClN4O2. The molecule has 4 rings (SSSR count). The average molecular weight is 397 g/mol. The fraction of sp³-hybridized carbons (Fsp3) is 0.286. The zero-order valence-electron chi connectivity index (χ0n) is 15.6. The van der Waals surface area contributed by atoms with E-state index in [4.69, 9.17) is 16.0 Å². The largest absolute Gasteiger partial charge is 0.463 e. The number of anilines is 2.